The number of hydrogen-bond acceptors (Lipinski definition) is 4. The van der Waals surface area contributed by atoms with Gasteiger partial charge in [0.1, 0.15) is 6.04 Å². The van der Waals surface area contributed by atoms with Gasteiger partial charge in [0.15, 0.2) is 0 Å². The summed E-state index contributed by atoms with van der Waals surface area (Å²) in [6.45, 7) is 3.64. The van der Waals surface area contributed by atoms with Crippen LogP contribution in [-0.2, 0) is 14.9 Å². The van der Waals surface area contributed by atoms with Gasteiger partial charge in [0.2, 0.25) is 0 Å². The number of aliphatic carboxylic acids is 1. The lowest BCUT2D eigenvalue weighted by Crippen LogP contribution is -2.41. The SMILES string of the molecule is CC(C)CC(NC(=O)c1cccc(S(=O)(=O)O)c1)C(=O)O. The average molecular weight is 315 g/mol. The normalized spacial score (nSPS) is 13.0. The Morgan fingerprint density at radius 1 is 1.29 bits per heavy atom. The number of carboxylic acids is 1. The van der Waals surface area contributed by atoms with Crippen LogP contribution in [-0.4, -0.2) is 36.0 Å². The molecule has 1 unspecified atom stereocenters. The summed E-state index contributed by atoms with van der Waals surface area (Å²) in [5, 5.41) is 11.4. The van der Waals surface area contributed by atoms with E-state index in [1.807, 2.05) is 13.8 Å². The van der Waals surface area contributed by atoms with Crippen molar-refractivity contribution in [2.24, 2.45) is 5.92 Å². The molecule has 0 heterocycles. The van der Waals surface area contributed by atoms with Gasteiger partial charge in [-0.25, -0.2) is 4.79 Å². The van der Waals surface area contributed by atoms with Gasteiger partial charge in [0, 0.05) is 5.56 Å². The van der Waals surface area contributed by atoms with Crippen molar-refractivity contribution in [1.82, 2.24) is 5.32 Å². The summed E-state index contributed by atoms with van der Waals surface area (Å²) in [4.78, 5) is 22.6. The first-order valence-corrected chi connectivity index (χ1v) is 7.66. The first-order chi connectivity index (χ1) is 9.61. The molecular formula is C13H17NO6S. The van der Waals surface area contributed by atoms with Crippen molar-refractivity contribution < 1.29 is 27.7 Å². The smallest absolute Gasteiger partial charge is 0.326 e. The quantitative estimate of drug-likeness (QED) is 0.677. The molecule has 8 heteroatoms. The topological polar surface area (TPSA) is 121 Å². The number of carboxylic acid groups (broad SMARTS) is 1. The molecule has 1 aromatic rings. The molecule has 1 aromatic carbocycles. The highest BCUT2D eigenvalue weighted by atomic mass is 32.2. The van der Waals surface area contributed by atoms with Crippen LogP contribution in [0.15, 0.2) is 29.2 Å². The molecule has 0 spiro atoms. The molecule has 0 aromatic heterocycles. The predicted molar refractivity (Wildman–Crippen MR) is 74.6 cm³/mol. The summed E-state index contributed by atoms with van der Waals surface area (Å²) in [5.41, 5.74) is -0.0415. The van der Waals surface area contributed by atoms with Crippen LogP contribution >= 0.6 is 0 Å². The van der Waals surface area contributed by atoms with Gasteiger partial charge in [-0.05, 0) is 30.5 Å². The number of carbonyl (C=O) groups excluding carboxylic acids is 1. The lowest BCUT2D eigenvalue weighted by molar-refractivity contribution is -0.139. The van der Waals surface area contributed by atoms with E-state index in [9.17, 15) is 18.0 Å². The number of carbonyl (C=O) groups is 2. The van der Waals surface area contributed by atoms with E-state index in [4.69, 9.17) is 9.66 Å². The van der Waals surface area contributed by atoms with Crippen LogP contribution in [0.2, 0.25) is 0 Å². The van der Waals surface area contributed by atoms with Gasteiger partial charge in [0.05, 0.1) is 4.90 Å². The van der Waals surface area contributed by atoms with Crippen LogP contribution in [0.4, 0.5) is 0 Å². The molecular weight excluding hydrogens is 298 g/mol. The third kappa shape index (κ3) is 5.16. The van der Waals surface area contributed by atoms with Crippen LogP contribution in [0, 0.1) is 5.92 Å². The Morgan fingerprint density at radius 2 is 1.90 bits per heavy atom. The van der Waals surface area contributed by atoms with Crippen LogP contribution in [0.5, 0.6) is 0 Å². The zero-order valence-corrected chi connectivity index (χ0v) is 12.4. The van der Waals surface area contributed by atoms with Gasteiger partial charge in [-0.1, -0.05) is 19.9 Å². The second-order valence-electron chi connectivity index (χ2n) is 5.00. The minimum atomic E-state index is -4.42. The Hall–Kier alpha value is -1.93. The van der Waals surface area contributed by atoms with Gasteiger partial charge in [0.25, 0.3) is 16.0 Å². The Bertz CT molecular complexity index is 638. The molecule has 3 N–H and O–H groups in total. The zero-order valence-electron chi connectivity index (χ0n) is 11.6. The second kappa shape index (κ2) is 6.68. The molecule has 1 rings (SSSR count). The number of nitrogens with one attached hydrogen (secondary N) is 1. The van der Waals surface area contributed by atoms with E-state index in [2.05, 4.69) is 5.32 Å². The van der Waals surface area contributed by atoms with Gasteiger partial charge >= 0.3 is 5.97 Å². The van der Waals surface area contributed by atoms with Gasteiger partial charge in [-0.3, -0.25) is 9.35 Å². The van der Waals surface area contributed by atoms with Crippen LogP contribution in [0.1, 0.15) is 30.6 Å². The maximum absolute atomic E-state index is 12.0. The molecule has 0 fully saturated rings. The zero-order chi connectivity index (χ0) is 16.2. The summed E-state index contributed by atoms with van der Waals surface area (Å²) in [6.07, 6.45) is 0.249. The molecule has 7 nitrogen and oxygen atoms in total. The highest BCUT2D eigenvalue weighted by Gasteiger charge is 2.22. The third-order valence-electron chi connectivity index (χ3n) is 2.70. The summed E-state index contributed by atoms with van der Waals surface area (Å²) in [6, 6.07) is 3.68. The molecule has 116 valence electrons. The van der Waals surface area contributed by atoms with Gasteiger partial charge in [-0.15, -0.1) is 0 Å². The first kappa shape index (κ1) is 17.1. The monoisotopic (exact) mass is 315 g/mol. The van der Waals surface area contributed by atoms with Crippen molar-refractivity contribution in [2.75, 3.05) is 0 Å². The average Bonchev–Trinajstić information content (AvgIpc) is 2.36. The third-order valence-corrected chi connectivity index (χ3v) is 3.55. The van der Waals surface area contributed by atoms with E-state index >= 15 is 0 Å². The molecule has 1 amide bonds. The second-order valence-corrected chi connectivity index (χ2v) is 6.42. The fourth-order valence-corrected chi connectivity index (χ4v) is 2.26. The maximum Gasteiger partial charge on any atom is 0.326 e. The minimum Gasteiger partial charge on any atom is -0.480 e. The number of hydrogen-bond donors (Lipinski definition) is 3. The molecule has 0 bridgehead atoms. The Balaban J connectivity index is 2.96. The molecule has 0 aliphatic rings. The van der Waals surface area contributed by atoms with Crippen molar-refractivity contribution in [1.29, 1.82) is 0 Å². The molecule has 0 aliphatic carbocycles. The van der Waals surface area contributed by atoms with E-state index in [1.54, 1.807) is 0 Å². The first-order valence-electron chi connectivity index (χ1n) is 6.22. The molecule has 0 saturated heterocycles. The van der Waals surface area contributed by atoms with E-state index in [0.29, 0.717) is 0 Å². The summed E-state index contributed by atoms with van der Waals surface area (Å²) in [7, 11) is -4.42. The summed E-state index contributed by atoms with van der Waals surface area (Å²) >= 11 is 0. The number of benzene rings is 1. The highest BCUT2D eigenvalue weighted by molar-refractivity contribution is 7.85. The Morgan fingerprint density at radius 3 is 2.38 bits per heavy atom. The number of rotatable bonds is 6. The standard InChI is InChI=1S/C13H17NO6S/c1-8(2)6-11(13(16)17)14-12(15)9-4-3-5-10(7-9)21(18,19)20/h3-5,7-8,11H,6H2,1-2H3,(H,14,15)(H,16,17)(H,18,19,20). The van der Waals surface area contributed by atoms with Gasteiger partial charge < -0.3 is 10.4 Å². The van der Waals surface area contributed by atoms with E-state index in [-0.39, 0.29) is 17.9 Å². The van der Waals surface area contributed by atoms with Crippen molar-refractivity contribution in [3.8, 4) is 0 Å². The molecule has 0 radical (unpaired) electrons. The van der Waals surface area contributed by atoms with Crippen molar-refractivity contribution in [3.05, 3.63) is 29.8 Å². The Kier molecular flexibility index (Phi) is 5.45. The lowest BCUT2D eigenvalue weighted by Gasteiger charge is -2.16. The van der Waals surface area contributed by atoms with Crippen LogP contribution < -0.4 is 5.32 Å². The van der Waals surface area contributed by atoms with E-state index < -0.39 is 32.9 Å². The minimum absolute atomic E-state index is 0.0415. The molecule has 21 heavy (non-hydrogen) atoms. The lowest BCUT2D eigenvalue weighted by atomic mass is 10.0. The molecule has 0 saturated carbocycles. The van der Waals surface area contributed by atoms with Crippen molar-refractivity contribution in [3.63, 3.8) is 0 Å². The summed E-state index contributed by atoms with van der Waals surface area (Å²) in [5.74, 6) is -1.81. The van der Waals surface area contributed by atoms with Gasteiger partial charge in [-0.2, -0.15) is 8.42 Å². The highest BCUT2D eigenvalue weighted by Crippen LogP contribution is 2.12. The summed E-state index contributed by atoms with van der Waals surface area (Å²) < 4.78 is 31.0. The predicted octanol–water partition coefficient (Wildman–Crippen LogP) is 1.16. The maximum atomic E-state index is 12.0. The largest absolute Gasteiger partial charge is 0.480 e. The number of amides is 1. The van der Waals surface area contributed by atoms with E-state index in [0.717, 1.165) is 12.1 Å². The Labute approximate surface area is 122 Å². The molecule has 1 atom stereocenters. The molecule has 0 aliphatic heterocycles. The fraction of sp³-hybridized carbons (Fsp3) is 0.385. The van der Waals surface area contributed by atoms with Crippen LogP contribution in [0.3, 0.4) is 0 Å². The van der Waals surface area contributed by atoms with Crippen LogP contribution in [0.25, 0.3) is 0 Å². The van der Waals surface area contributed by atoms with Crippen molar-refractivity contribution >= 4 is 22.0 Å². The van der Waals surface area contributed by atoms with E-state index in [1.165, 1.54) is 12.1 Å². The fourth-order valence-electron chi connectivity index (χ4n) is 1.73. The van der Waals surface area contributed by atoms with Crippen molar-refractivity contribution in [2.45, 2.75) is 31.2 Å².